The molecule has 0 aliphatic carbocycles. The van der Waals surface area contributed by atoms with Crippen molar-refractivity contribution < 1.29 is 17.9 Å². The van der Waals surface area contributed by atoms with Crippen LogP contribution in [-0.2, 0) is 0 Å². The number of rotatable bonds is 2. The maximum atomic E-state index is 12.1. The number of benzene rings is 1. The van der Waals surface area contributed by atoms with Gasteiger partial charge >= 0.3 is 6.36 Å². The van der Waals surface area contributed by atoms with Crippen LogP contribution in [0, 0.1) is 6.92 Å². The maximum Gasteiger partial charge on any atom is 0.573 e. The van der Waals surface area contributed by atoms with Crippen LogP contribution in [0.2, 0.25) is 0 Å². The molecule has 0 spiro atoms. The minimum absolute atomic E-state index is 0.0668. The molecule has 0 radical (unpaired) electrons. The minimum Gasteiger partial charge on any atom is -0.406 e. The molecular weight excluding hydrogens is 259 g/mol. The molecule has 0 aliphatic rings. The first kappa shape index (κ1) is 13.1. The van der Waals surface area contributed by atoms with E-state index in [2.05, 4.69) is 14.7 Å². The van der Waals surface area contributed by atoms with Crippen molar-refractivity contribution in [2.24, 2.45) is 0 Å². The van der Waals surface area contributed by atoms with Crippen LogP contribution < -0.4 is 10.5 Å². The van der Waals surface area contributed by atoms with Gasteiger partial charge in [-0.05, 0) is 25.1 Å². The van der Waals surface area contributed by atoms with E-state index >= 15 is 0 Å². The van der Waals surface area contributed by atoms with Crippen LogP contribution in [0.15, 0.2) is 30.3 Å². The molecule has 1 aromatic heterocycles. The molecule has 2 N–H and O–H groups in total. The van der Waals surface area contributed by atoms with E-state index in [0.717, 1.165) is 0 Å². The second kappa shape index (κ2) is 4.75. The first-order valence-corrected chi connectivity index (χ1v) is 5.31. The van der Waals surface area contributed by atoms with Gasteiger partial charge < -0.3 is 10.5 Å². The third-order valence-electron chi connectivity index (χ3n) is 2.23. The molecule has 7 heteroatoms. The smallest absolute Gasteiger partial charge is 0.406 e. The van der Waals surface area contributed by atoms with Gasteiger partial charge in [0.05, 0.1) is 5.69 Å². The highest BCUT2D eigenvalue weighted by atomic mass is 19.4. The first-order chi connectivity index (χ1) is 8.83. The summed E-state index contributed by atoms with van der Waals surface area (Å²) in [6, 6.07) is 7.15. The normalized spacial score (nSPS) is 11.4. The molecule has 0 bridgehead atoms. The average Bonchev–Trinajstić information content (AvgIpc) is 2.25. The topological polar surface area (TPSA) is 61.0 Å². The number of anilines is 1. The quantitative estimate of drug-likeness (QED) is 0.910. The Morgan fingerprint density at radius 1 is 1.16 bits per heavy atom. The predicted octanol–water partition coefficient (Wildman–Crippen LogP) is 2.93. The Morgan fingerprint density at radius 2 is 1.89 bits per heavy atom. The second-order valence-corrected chi connectivity index (χ2v) is 3.83. The largest absolute Gasteiger partial charge is 0.573 e. The molecule has 0 aliphatic heterocycles. The SMILES string of the molecule is Cc1cc(-c2cccc(OC(F)(F)F)c2)nc(N)n1. The van der Waals surface area contributed by atoms with Crippen molar-refractivity contribution in [3.05, 3.63) is 36.0 Å². The number of hydrogen-bond acceptors (Lipinski definition) is 4. The molecule has 0 saturated carbocycles. The Kier molecular flexibility index (Phi) is 3.28. The number of nitrogens with two attached hydrogens (primary N) is 1. The van der Waals surface area contributed by atoms with Crippen molar-refractivity contribution in [2.75, 3.05) is 5.73 Å². The molecule has 0 amide bonds. The van der Waals surface area contributed by atoms with Crippen LogP contribution >= 0.6 is 0 Å². The zero-order valence-electron chi connectivity index (χ0n) is 9.90. The number of nitrogens with zero attached hydrogens (tertiary/aromatic N) is 2. The van der Waals surface area contributed by atoms with Crippen molar-refractivity contribution in [1.82, 2.24) is 9.97 Å². The predicted molar refractivity (Wildman–Crippen MR) is 63.3 cm³/mol. The van der Waals surface area contributed by atoms with E-state index in [4.69, 9.17) is 5.73 Å². The highest BCUT2D eigenvalue weighted by molar-refractivity contribution is 5.62. The van der Waals surface area contributed by atoms with Gasteiger partial charge in [0.1, 0.15) is 5.75 Å². The van der Waals surface area contributed by atoms with Crippen LogP contribution in [0.5, 0.6) is 5.75 Å². The molecule has 2 aromatic rings. The van der Waals surface area contributed by atoms with Crippen LogP contribution in [-0.4, -0.2) is 16.3 Å². The first-order valence-electron chi connectivity index (χ1n) is 5.31. The van der Waals surface area contributed by atoms with Gasteiger partial charge in [-0.15, -0.1) is 13.2 Å². The van der Waals surface area contributed by atoms with E-state index in [0.29, 0.717) is 17.0 Å². The lowest BCUT2D eigenvalue weighted by molar-refractivity contribution is -0.274. The van der Waals surface area contributed by atoms with E-state index in [-0.39, 0.29) is 11.7 Å². The second-order valence-electron chi connectivity index (χ2n) is 3.83. The molecule has 19 heavy (non-hydrogen) atoms. The fourth-order valence-corrected chi connectivity index (χ4v) is 1.59. The van der Waals surface area contributed by atoms with Crippen molar-refractivity contribution in [3.8, 4) is 17.0 Å². The summed E-state index contributed by atoms with van der Waals surface area (Å²) in [4.78, 5) is 7.87. The molecular formula is C12H10F3N3O. The molecule has 4 nitrogen and oxygen atoms in total. The number of aromatic nitrogens is 2. The molecule has 100 valence electrons. The zero-order chi connectivity index (χ0) is 14.0. The number of nitrogen functional groups attached to an aromatic ring is 1. The van der Waals surface area contributed by atoms with Crippen LogP contribution in [0.1, 0.15) is 5.69 Å². The van der Waals surface area contributed by atoms with Crippen LogP contribution in [0.3, 0.4) is 0 Å². The number of halogens is 3. The number of ether oxygens (including phenoxy) is 1. The Morgan fingerprint density at radius 3 is 2.53 bits per heavy atom. The third kappa shape index (κ3) is 3.57. The number of aryl methyl sites for hydroxylation is 1. The van der Waals surface area contributed by atoms with Gasteiger partial charge in [0.25, 0.3) is 0 Å². The Balaban J connectivity index is 2.37. The molecule has 1 aromatic carbocycles. The lowest BCUT2D eigenvalue weighted by Gasteiger charge is -2.10. The molecule has 0 saturated heterocycles. The molecule has 0 fully saturated rings. The summed E-state index contributed by atoms with van der Waals surface area (Å²) in [5, 5.41) is 0. The highest BCUT2D eigenvalue weighted by Crippen LogP contribution is 2.27. The summed E-state index contributed by atoms with van der Waals surface area (Å²) in [5.41, 5.74) is 7.05. The molecule has 1 heterocycles. The van der Waals surface area contributed by atoms with Gasteiger partial charge in [0.15, 0.2) is 0 Å². The lowest BCUT2D eigenvalue weighted by atomic mass is 10.1. The Labute approximate surface area is 107 Å². The van der Waals surface area contributed by atoms with Gasteiger partial charge in [0, 0.05) is 11.3 Å². The van der Waals surface area contributed by atoms with E-state index in [1.165, 1.54) is 18.2 Å². The standard InChI is InChI=1S/C12H10F3N3O/c1-7-5-10(18-11(16)17-7)8-3-2-4-9(6-8)19-12(13,14)15/h2-6H,1H3,(H2,16,17,18). The van der Waals surface area contributed by atoms with E-state index in [9.17, 15) is 13.2 Å². The van der Waals surface area contributed by atoms with Gasteiger partial charge in [0.2, 0.25) is 5.95 Å². The summed E-state index contributed by atoms with van der Waals surface area (Å²) in [7, 11) is 0. The van der Waals surface area contributed by atoms with E-state index in [1.807, 2.05) is 0 Å². The minimum atomic E-state index is -4.72. The molecule has 0 atom stereocenters. The zero-order valence-corrected chi connectivity index (χ0v) is 9.90. The van der Waals surface area contributed by atoms with Crippen molar-refractivity contribution in [1.29, 1.82) is 0 Å². The fraction of sp³-hybridized carbons (Fsp3) is 0.167. The Hall–Kier alpha value is -2.31. The third-order valence-corrected chi connectivity index (χ3v) is 2.23. The molecule has 0 unspecified atom stereocenters. The van der Waals surface area contributed by atoms with Crippen LogP contribution in [0.4, 0.5) is 19.1 Å². The Bertz CT molecular complexity index is 579. The fourth-order valence-electron chi connectivity index (χ4n) is 1.59. The maximum absolute atomic E-state index is 12.1. The lowest BCUT2D eigenvalue weighted by Crippen LogP contribution is -2.17. The van der Waals surface area contributed by atoms with Crippen molar-refractivity contribution >= 4 is 5.95 Å². The number of alkyl halides is 3. The van der Waals surface area contributed by atoms with E-state index < -0.39 is 6.36 Å². The van der Waals surface area contributed by atoms with Crippen LogP contribution in [0.25, 0.3) is 11.3 Å². The summed E-state index contributed by atoms with van der Waals surface area (Å²) in [5.74, 6) is -0.239. The van der Waals surface area contributed by atoms with Crippen molar-refractivity contribution in [3.63, 3.8) is 0 Å². The summed E-state index contributed by atoms with van der Waals surface area (Å²) in [6.45, 7) is 1.72. The van der Waals surface area contributed by atoms with Crippen molar-refractivity contribution in [2.45, 2.75) is 13.3 Å². The summed E-state index contributed by atoms with van der Waals surface area (Å²) >= 11 is 0. The molecule has 2 rings (SSSR count). The number of hydrogen-bond donors (Lipinski definition) is 1. The monoisotopic (exact) mass is 269 g/mol. The van der Waals surface area contributed by atoms with Gasteiger partial charge in [-0.2, -0.15) is 0 Å². The summed E-state index contributed by atoms with van der Waals surface area (Å²) in [6.07, 6.45) is -4.72. The highest BCUT2D eigenvalue weighted by Gasteiger charge is 2.31. The van der Waals surface area contributed by atoms with Gasteiger partial charge in [-0.3, -0.25) is 0 Å². The van der Waals surface area contributed by atoms with Gasteiger partial charge in [-0.1, -0.05) is 12.1 Å². The summed E-state index contributed by atoms with van der Waals surface area (Å²) < 4.78 is 40.3. The average molecular weight is 269 g/mol. The van der Waals surface area contributed by atoms with E-state index in [1.54, 1.807) is 19.1 Å². The van der Waals surface area contributed by atoms with Gasteiger partial charge in [-0.25, -0.2) is 9.97 Å².